The fourth-order valence-electron chi connectivity index (χ4n) is 3.26. The molecular formula is C20H15ClIN3O3. The second-order valence-corrected chi connectivity index (χ2v) is 7.92. The lowest BCUT2D eigenvalue weighted by molar-refractivity contribution is 0.0592. The van der Waals surface area contributed by atoms with Crippen LogP contribution in [0.2, 0.25) is 5.02 Å². The molecule has 0 saturated heterocycles. The molecule has 1 aliphatic rings. The third-order valence-electron chi connectivity index (χ3n) is 4.60. The number of hydrogen-bond acceptors (Lipinski definition) is 4. The van der Waals surface area contributed by atoms with E-state index in [9.17, 15) is 9.59 Å². The lowest BCUT2D eigenvalue weighted by Gasteiger charge is -2.27. The van der Waals surface area contributed by atoms with E-state index >= 15 is 0 Å². The Balaban J connectivity index is 1.85. The summed E-state index contributed by atoms with van der Waals surface area (Å²) in [5, 5.41) is 4.98. The van der Waals surface area contributed by atoms with Crippen LogP contribution in [-0.2, 0) is 11.2 Å². The lowest BCUT2D eigenvalue weighted by atomic mass is 10.0. The molecule has 4 rings (SSSR count). The lowest BCUT2D eigenvalue weighted by Crippen LogP contribution is -2.39. The maximum atomic E-state index is 13.4. The summed E-state index contributed by atoms with van der Waals surface area (Å²) in [7, 11) is 1.30. The highest BCUT2D eigenvalue weighted by molar-refractivity contribution is 14.1. The molecule has 0 fully saturated rings. The smallest absolute Gasteiger partial charge is 0.358 e. The SMILES string of the molecule is COC(=O)c1nn(-c2ccc(Cl)cc2)c2c1CCN(c1ccc(I)cc1)C2=O. The Bertz CT molecular complexity index is 1060. The summed E-state index contributed by atoms with van der Waals surface area (Å²) in [6, 6.07) is 14.7. The Kier molecular flexibility index (Phi) is 5.11. The number of aromatic nitrogens is 2. The molecule has 1 aliphatic heterocycles. The van der Waals surface area contributed by atoms with E-state index < -0.39 is 5.97 Å². The summed E-state index contributed by atoms with van der Waals surface area (Å²) in [4.78, 5) is 27.3. The van der Waals surface area contributed by atoms with Gasteiger partial charge in [-0.1, -0.05) is 11.6 Å². The number of methoxy groups -OCH3 is 1. The summed E-state index contributed by atoms with van der Waals surface area (Å²) >= 11 is 8.21. The molecule has 1 aromatic heterocycles. The Morgan fingerprint density at radius 3 is 2.39 bits per heavy atom. The third kappa shape index (κ3) is 3.29. The zero-order valence-corrected chi connectivity index (χ0v) is 17.8. The van der Waals surface area contributed by atoms with Crippen LogP contribution in [0.25, 0.3) is 5.69 Å². The molecule has 0 aliphatic carbocycles. The van der Waals surface area contributed by atoms with E-state index in [0.717, 1.165) is 9.26 Å². The average molecular weight is 508 g/mol. The number of carbonyl (C=O) groups is 2. The summed E-state index contributed by atoms with van der Waals surface area (Å²) in [6.07, 6.45) is 0.505. The summed E-state index contributed by atoms with van der Waals surface area (Å²) in [6.45, 7) is 0.461. The molecule has 0 radical (unpaired) electrons. The van der Waals surface area contributed by atoms with Gasteiger partial charge in [-0.3, -0.25) is 4.79 Å². The van der Waals surface area contributed by atoms with E-state index in [-0.39, 0.29) is 11.6 Å². The number of benzene rings is 2. The first-order valence-corrected chi connectivity index (χ1v) is 9.99. The highest BCUT2D eigenvalue weighted by Crippen LogP contribution is 2.29. The number of amides is 1. The maximum Gasteiger partial charge on any atom is 0.358 e. The number of carbonyl (C=O) groups excluding carboxylic acids is 2. The second-order valence-electron chi connectivity index (χ2n) is 6.24. The van der Waals surface area contributed by atoms with Crippen molar-refractivity contribution in [2.45, 2.75) is 6.42 Å². The van der Waals surface area contributed by atoms with Gasteiger partial charge in [0, 0.05) is 26.4 Å². The number of esters is 1. The Labute approximate surface area is 180 Å². The highest BCUT2D eigenvalue weighted by atomic mass is 127. The van der Waals surface area contributed by atoms with E-state index in [1.165, 1.54) is 11.8 Å². The first kappa shape index (κ1) is 18.9. The van der Waals surface area contributed by atoms with Crippen molar-refractivity contribution in [1.82, 2.24) is 9.78 Å². The molecule has 8 heteroatoms. The predicted octanol–water partition coefficient (Wildman–Crippen LogP) is 4.12. The van der Waals surface area contributed by atoms with Gasteiger partial charge in [0.1, 0.15) is 5.69 Å². The first-order valence-electron chi connectivity index (χ1n) is 8.53. The van der Waals surface area contributed by atoms with Gasteiger partial charge in [0.25, 0.3) is 5.91 Å². The predicted molar refractivity (Wildman–Crippen MR) is 114 cm³/mol. The Hall–Kier alpha value is -2.39. The van der Waals surface area contributed by atoms with Gasteiger partial charge in [-0.05, 0) is 77.5 Å². The molecule has 2 aromatic carbocycles. The van der Waals surface area contributed by atoms with Gasteiger partial charge < -0.3 is 9.64 Å². The number of ether oxygens (including phenoxy) is 1. The van der Waals surface area contributed by atoms with Crippen LogP contribution in [0, 0.1) is 3.57 Å². The Morgan fingerprint density at radius 1 is 1.11 bits per heavy atom. The van der Waals surface area contributed by atoms with Crippen molar-refractivity contribution < 1.29 is 14.3 Å². The zero-order valence-electron chi connectivity index (χ0n) is 14.9. The fourth-order valence-corrected chi connectivity index (χ4v) is 3.74. The molecule has 0 unspecified atom stereocenters. The van der Waals surface area contributed by atoms with Crippen LogP contribution in [0.1, 0.15) is 26.5 Å². The van der Waals surface area contributed by atoms with Gasteiger partial charge in [0.2, 0.25) is 0 Å². The minimum atomic E-state index is -0.556. The normalized spacial score (nSPS) is 13.4. The zero-order chi connectivity index (χ0) is 19.8. The number of fused-ring (bicyclic) bond motifs is 1. The number of hydrogen-bond donors (Lipinski definition) is 0. The molecule has 0 saturated carbocycles. The standard InChI is InChI=1S/C20H15ClIN3O3/c1-28-20(27)17-16-10-11-24(14-8-4-13(22)5-9-14)19(26)18(16)25(23-17)15-6-2-12(21)3-7-15/h2-9H,10-11H2,1H3. The number of nitrogens with zero attached hydrogens (tertiary/aromatic N) is 3. The fraction of sp³-hybridized carbons (Fsp3) is 0.150. The number of halogens is 2. The molecule has 28 heavy (non-hydrogen) atoms. The monoisotopic (exact) mass is 507 g/mol. The van der Waals surface area contributed by atoms with Gasteiger partial charge in [0.05, 0.1) is 12.8 Å². The molecule has 0 spiro atoms. The van der Waals surface area contributed by atoms with Crippen molar-refractivity contribution in [1.29, 1.82) is 0 Å². The van der Waals surface area contributed by atoms with E-state index in [4.69, 9.17) is 16.3 Å². The van der Waals surface area contributed by atoms with Gasteiger partial charge in [-0.2, -0.15) is 5.10 Å². The topological polar surface area (TPSA) is 64.4 Å². The van der Waals surface area contributed by atoms with Gasteiger partial charge in [-0.25, -0.2) is 9.48 Å². The molecule has 0 N–H and O–H groups in total. The molecule has 0 atom stereocenters. The number of rotatable bonds is 3. The van der Waals surface area contributed by atoms with Crippen LogP contribution in [-0.4, -0.2) is 35.3 Å². The van der Waals surface area contributed by atoms with Crippen LogP contribution >= 0.6 is 34.2 Å². The van der Waals surface area contributed by atoms with Crippen molar-refractivity contribution in [3.63, 3.8) is 0 Å². The second kappa shape index (κ2) is 7.56. The molecular weight excluding hydrogens is 493 g/mol. The van der Waals surface area contributed by atoms with Crippen molar-refractivity contribution in [2.24, 2.45) is 0 Å². The van der Waals surface area contributed by atoms with Crippen LogP contribution in [0.3, 0.4) is 0 Å². The minimum absolute atomic E-state index is 0.170. The quantitative estimate of drug-likeness (QED) is 0.395. The van der Waals surface area contributed by atoms with Crippen LogP contribution in [0.15, 0.2) is 48.5 Å². The van der Waals surface area contributed by atoms with Crippen LogP contribution in [0.4, 0.5) is 5.69 Å². The minimum Gasteiger partial charge on any atom is -0.464 e. The molecule has 142 valence electrons. The summed E-state index contributed by atoms with van der Waals surface area (Å²) in [5.74, 6) is -0.764. The van der Waals surface area contributed by atoms with Crippen molar-refractivity contribution >= 4 is 51.8 Å². The average Bonchev–Trinajstić information content (AvgIpc) is 3.10. The highest BCUT2D eigenvalue weighted by Gasteiger charge is 2.35. The largest absolute Gasteiger partial charge is 0.464 e. The van der Waals surface area contributed by atoms with Crippen molar-refractivity contribution in [2.75, 3.05) is 18.6 Å². The Morgan fingerprint density at radius 2 is 1.75 bits per heavy atom. The van der Waals surface area contributed by atoms with Crippen LogP contribution in [0.5, 0.6) is 0 Å². The van der Waals surface area contributed by atoms with Crippen molar-refractivity contribution in [3.8, 4) is 5.69 Å². The molecule has 1 amide bonds. The van der Waals surface area contributed by atoms with E-state index in [2.05, 4.69) is 27.7 Å². The molecule has 6 nitrogen and oxygen atoms in total. The van der Waals surface area contributed by atoms with E-state index in [1.807, 2.05) is 24.3 Å². The summed E-state index contributed by atoms with van der Waals surface area (Å²) < 4.78 is 7.46. The number of anilines is 1. The molecule has 2 heterocycles. The molecule has 3 aromatic rings. The van der Waals surface area contributed by atoms with Gasteiger partial charge in [0.15, 0.2) is 5.69 Å². The van der Waals surface area contributed by atoms with E-state index in [0.29, 0.717) is 34.9 Å². The van der Waals surface area contributed by atoms with Crippen LogP contribution < -0.4 is 4.90 Å². The summed E-state index contributed by atoms with van der Waals surface area (Å²) in [5.41, 5.74) is 2.59. The van der Waals surface area contributed by atoms with Gasteiger partial charge in [-0.15, -0.1) is 0 Å². The van der Waals surface area contributed by atoms with Crippen molar-refractivity contribution in [3.05, 3.63) is 74.1 Å². The van der Waals surface area contributed by atoms with Gasteiger partial charge >= 0.3 is 5.97 Å². The first-order chi connectivity index (χ1) is 13.5. The molecule has 0 bridgehead atoms. The maximum absolute atomic E-state index is 13.4. The third-order valence-corrected chi connectivity index (χ3v) is 5.58. The van der Waals surface area contributed by atoms with E-state index in [1.54, 1.807) is 29.2 Å².